The Balaban J connectivity index is 2.15. The predicted molar refractivity (Wildman–Crippen MR) is 75.7 cm³/mol. The zero-order valence-corrected chi connectivity index (χ0v) is 14.2. The number of nitrogens with zero attached hydrogens (tertiary/aromatic N) is 1. The molecule has 0 N–H and O–H groups in total. The molecule has 0 aliphatic rings. The molecule has 0 atom stereocenters. The van der Waals surface area contributed by atoms with Crippen LogP contribution in [0.25, 0.3) is 0 Å². The normalized spacial score (nSPS) is 11.7. The standard InChI is InChI=1S/C9H6NS2.3CH3.Sn/c1-2-4-8(5-3-1)12-9-10-6-7-11-9;;;;/h1-5,7H;3*1H3;. The third kappa shape index (κ3) is 3.24. The molecule has 0 spiro atoms. The quantitative estimate of drug-likeness (QED) is 0.776. The van der Waals surface area contributed by atoms with Gasteiger partial charge in [-0.15, -0.1) is 0 Å². The molecule has 0 saturated carbocycles. The van der Waals surface area contributed by atoms with E-state index in [4.69, 9.17) is 4.98 Å². The monoisotopic (exact) mass is 357 g/mol. The molecule has 16 heavy (non-hydrogen) atoms. The predicted octanol–water partition coefficient (Wildman–Crippen LogP) is 3.84. The number of aromatic nitrogens is 1. The van der Waals surface area contributed by atoms with Gasteiger partial charge in [-0.2, -0.15) is 0 Å². The fourth-order valence-electron chi connectivity index (χ4n) is 1.24. The Kier molecular flexibility index (Phi) is 3.97. The van der Waals surface area contributed by atoms with Crippen molar-refractivity contribution in [3.63, 3.8) is 0 Å². The van der Waals surface area contributed by atoms with Gasteiger partial charge in [0.15, 0.2) is 0 Å². The number of rotatable bonds is 3. The Morgan fingerprint density at radius 1 is 1.12 bits per heavy atom. The van der Waals surface area contributed by atoms with Gasteiger partial charge in [-0.05, 0) is 0 Å². The second-order valence-electron chi connectivity index (χ2n) is 4.66. The number of hydrogen-bond acceptors (Lipinski definition) is 3. The van der Waals surface area contributed by atoms with E-state index in [1.165, 1.54) is 12.9 Å². The summed E-state index contributed by atoms with van der Waals surface area (Å²) in [6.07, 6.45) is 0. The summed E-state index contributed by atoms with van der Waals surface area (Å²) in [5.74, 6) is 0. The van der Waals surface area contributed by atoms with Gasteiger partial charge in [0.1, 0.15) is 0 Å². The number of thiazole rings is 1. The molecular formula is C12H15NS2Sn. The zero-order chi connectivity index (χ0) is 11.6. The fraction of sp³-hybridized carbons (Fsp3) is 0.250. The van der Waals surface area contributed by atoms with Crippen LogP contribution in [0.3, 0.4) is 0 Å². The molecule has 1 aromatic carbocycles. The zero-order valence-electron chi connectivity index (χ0n) is 9.73. The first-order chi connectivity index (χ1) is 7.55. The van der Waals surface area contributed by atoms with E-state index in [9.17, 15) is 0 Å². The Bertz CT molecular complexity index is 459. The van der Waals surface area contributed by atoms with E-state index in [0.717, 1.165) is 0 Å². The van der Waals surface area contributed by atoms with E-state index < -0.39 is 18.4 Å². The molecule has 2 rings (SSSR count). The summed E-state index contributed by atoms with van der Waals surface area (Å²) >= 11 is 1.59. The number of hydrogen-bond donors (Lipinski definition) is 0. The Hall–Kier alpha value is -0.00130. The van der Waals surface area contributed by atoms with Gasteiger partial charge >= 0.3 is 110 Å². The summed E-state index contributed by atoms with van der Waals surface area (Å²) < 4.78 is 2.56. The van der Waals surface area contributed by atoms with E-state index >= 15 is 0 Å². The van der Waals surface area contributed by atoms with Crippen LogP contribution in [0.4, 0.5) is 0 Å². The molecule has 1 nitrogen and oxygen atoms in total. The van der Waals surface area contributed by atoms with Crippen molar-refractivity contribution in [1.29, 1.82) is 0 Å². The van der Waals surface area contributed by atoms with Gasteiger partial charge in [0.25, 0.3) is 0 Å². The molecule has 0 aliphatic heterocycles. The van der Waals surface area contributed by atoms with Gasteiger partial charge in [0.2, 0.25) is 0 Å². The molecule has 0 radical (unpaired) electrons. The summed E-state index contributed by atoms with van der Waals surface area (Å²) in [5, 5.41) is 2.25. The van der Waals surface area contributed by atoms with Crippen molar-refractivity contribution in [1.82, 2.24) is 4.98 Å². The Morgan fingerprint density at radius 2 is 1.81 bits per heavy atom. The van der Waals surface area contributed by atoms with Crippen LogP contribution in [-0.4, -0.2) is 23.4 Å². The molecule has 0 unspecified atom stereocenters. The van der Waals surface area contributed by atoms with Crippen LogP contribution in [0.1, 0.15) is 0 Å². The first kappa shape index (κ1) is 12.5. The van der Waals surface area contributed by atoms with Crippen LogP contribution in [0.2, 0.25) is 14.8 Å². The molecule has 1 aromatic heterocycles. The minimum absolute atomic E-state index is 1.17. The van der Waals surface area contributed by atoms with Gasteiger partial charge in [-0.1, -0.05) is 0 Å². The average Bonchev–Trinajstić information content (AvgIpc) is 2.67. The molecule has 0 bridgehead atoms. The van der Waals surface area contributed by atoms with Crippen LogP contribution in [0.5, 0.6) is 0 Å². The second kappa shape index (κ2) is 5.10. The van der Waals surface area contributed by atoms with Gasteiger partial charge < -0.3 is 0 Å². The van der Waals surface area contributed by atoms with Crippen molar-refractivity contribution >= 4 is 45.2 Å². The summed E-state index contributed by atoms with van der Waals surface area (Å²) in [6, 6.07) is 10.4. The van der Waals surface area contributed by atoms with Crippen LogP contribution in [0, 0.1) is 0 Å². The molecular weight excluding hydrogens is 341 g/mol. The molecule has 4 heteroatoms. The van der Waals surface area contributed by atoms with E-state index in [2.05, 4.69) is 44.5 Å². The molecule has 0 aliphatic carbocycles. The third-order valence-electron chi connectivity index (χ3n) is 2.20. The summed E-state index contributed by atoms with van der Waals surface area (Å²) in [6.45, 7) is 0. The molecule has 2 aromatic rings. The maximum atomic E-state index is 4.75. The van der Waals surface area contributed by atoms with Crippen LogP contribution in [-0.2, 0) is 0 Å². The molecule has 84 valence electrons. The second-order valence-corrected chi connectivity index (χ2v) is 21.1. The molecule has 0 amide bonds. The molecule has 0 saturated heterocycles. The first-order valence-electron chi connectivity index (χ1n) is 5.24. The molecule has 1 heterocycles. The van der Waals surface area contributed by atoms with E-state index in [0.29, 0.717) is 0 Å². The Labute approximate surface area is 109 Å². The van der Waals surface area contributed by atoms with Gasteiger partial charge in [-0.25, -0.2) is 0 Å². The SMILES string of the molecule is [CH3][Sn]([CH3])([CH3])[c]1csc(Sc2ccccc2)n1. The van der Waals surface area contributed by atoms with E-state index in [1.54, 1.807) is 23.1 Å². The summed E-state index contributed by atoms with van der Waals surface area (Å²) in [7, 11) is 0. The van der Waals surface area contributed by atoms with Gasteiger partial charge in [0, 0.05) is 0 Å². The maximum absolute atomic E-state index is 4.75. The average molecular weight is 356 g/mol. The fourth-order valence-corrected chi connectivity index (χ4v) is 8.54. The summed E-state index contributed by atoms with van der Waals surface area (Å²) in [5.41, 5.74) is 0. The van der Waals surface area contributed by atoms with Crippen LogP contribution < -0.4 is 3.71 Å². The minimum atomic E-state index is -1.95. The van der Waals surface area contributed by atoms with Crippen molar-refractivity contribution in [2.45, 2.75) is 24.1 Å². The van der Waals surface area contributed by atoms with E-state index in [1.807, 2.05) is 6.07 Å². The number of benzene rings is 1. The topological polar surface area (TPSA) is 12.9 Å². The van der Waals surface area contributed by atoms with Crippen LogP contribution >= 0.6 is 23.1 Å². The van der Waals surface area contributed by atoms with Crippen molar-refractivity contribution in [3.8, 4) is 0 Å². The van der Waals surface area contributed by atoms with Crippen LogP contribution in [0.15, 0.2) is 44.9 Å². The third-order valence-corrected chi connectivity index (χ3v) is 9.86. The Morgan fingerprint density at radius 3 is 2.38 bits per heavy atom. The van der Waals surface area contributed by atoms with Crippen molar-refractivity contribution < 1.29 is 0 Å². The summed E-state index contributed by atoms with van der Waals surface area (Å²) in [4.78, 5) is 13.2. The van der Waals surface area contributed by atoms with Crippen molar-refractivity contribution in [2.75, 3.05) is 0 Å². The van der Waals surface area contributed by atoms with Crippen molar-refractivity contribution in [3.05, 3.63) is 35.7 Å². The molecule has 0 fully saturated rings. The van der Waals surface area contributed by atoms with Gasteiger partial charge in [0.05, 0.1) is 0 Å². The van der Waals surface area contributed by atoms with Gasteiger partial charge in [-0.3, -0.25) is 0 Å². The first-order valence-corrected chi connectivity index (χ1v) is 16.9. The van der Waals surface area contributed by atoms with Crippen molar-refractivity contribution in [2.24, 2.45) is 0 Å². The van der Waals surface area contributed by atoms with E-state index in [-0.39, 0.29) is 0 Å².